The Morgan fingerprint density at radius 3 is 1.54 bits per heavy atom. The van der Waals surface area contributed by atoms with Crippen molar-refractivity contribution in [1.82, 2.24) is 30.1 Å². The minimum Gasteiger partial charge on any atom is -0.453 e. The molecule has 0 unspecified atom stereocenters. The number of hydrogen-bond donors (Lipinski definition) is 1. The van der Waals surface area contributed by atoms with Crippen molar-refractivity contribution < 1.29 is 29.0 Å². The lowest BCUT2D eigenvalue weighted by Crippen LogP contribution is -2.22. The second kappa shape index (κ2) is 35.7. The van der Waals surface area contributed by atoms with Gasteiger partial charge in [-0.05, 0) is 86.1 Å². The molecular formula is C31H33Cl5N6O6S6. The average Bonchev–Trinajstić information content (AvgIpc) is 3.59. The molecule has 0 aliphatic heterocycles. The van der Waals surface area contributed by atoms with E-state index in [1.54, 1.807) is 84.7 Å². The van der Waals surface area contributed by atoms with Gasteiger partial charge in [-0.2, -0.15) is 0 Å². The van der Waals surface area contributed by atoms with E-state index >= 15 is 0 Å². The summed E-state index contributed by atoms with van der Waals surface area (Å²) >= 11 is 24.0. The van der Waals surface area contributed by atoms with Crippen LogP contribution in [0.15, 0.2) is 113 Å². The fourth-order valence-corrected chi connectivity index (χ4v) is 8.00. The maximum Gasteiger partial charge on any atom is 0.535 e. The number of carbonyl (C=O) groups excluding carboxylic acids is 2. The molecular weight excluding hydrogens is 922 g/mol. The number of alkyl halides is 4. The Bertz CT molecular complexity index is 1650. The van der Waals surface area contributed by atoms with Crippen molar-refractivity contribution in [1.29, 1.82) is 0 Å². The zero-order chi connectivity index (χ0) is 39.5. The molecule has 0 bridgehead atoms. The Hall–Kier alpha value is -1.68. The van der Waals surface area contributed by atoms with Crippen molar-refractivity contribution >= 4 is 145 Å². The van der Waals surface area contributed by atoms with Crippen molar-refractivity contribution in [2.24, 2.45) is 0 Å². The van der Waals surface area contributed by atoms with Crippen LogP contribution >= 0.6 is 123 Å². The third-order valence-corrected chi connectivity index (χ3v) is 11.6. The summed E-state index contributed by atoms with van der Waals surface area (Å²) in [5.74, 6) is 2.06. The van der Waals surface area contributed by atoms with E-state index < -0.39 is 11.6 Å². The molecule has 12 nitrogen and oxygen atoms in total. The van der Waals surface area contributed by atoms with Gasteiger partial charge in [-0.1, -0.05) is 67.6 Å². The fraction of sp³-hybridized carbons (Fsp3) is 0.258. The van der Waals surface area contributed by atoms with Crippen molar-refractivity contribution in [2.75, 3.05) is 47.8 Å². The molecule has 0 saturated carbocycles. The van der Waals surface area contributed by atoms with Crippen LogP contribution < -0.4 is 4.84 Å². The number of benzene rings is 1. The highest BCUT2D eigenvalue weighted by atomic mass is 35.5. The monoisotopic (exact) mass is 952 g/mol. The van der Waals surface area contributed by atoms with Gasteiger partial charge in [-0.3, -0.25) is 4.84 Å². The molecule has 4 heterocycles. The van der Waals surface area contributed by atoms with Crippen LogP contribution in [0.25, 0.3) is 11.0 Å². The van der Waals surface area contributed by atoms with E-state index in [4.69, 9.17) is 72.7 Å². The van der Waals surface area contributed by atoms with Crippen LogP contribution in [-0.4, -0.2) is 94.6 Å². The van der Waals surface area contributed by atoms with Crippen LogP contribution in [0, 0.1) is 0 Å². The quantitative estimate of drug-likeness (QED) is 0.0264. The van der Waals surface area contributed by atoms with E-state index in [1.165, 1.54) is 10.8 Å². The van der Waals surface area contributed by atoms with Gasteiger partial charge in [0.25, 0.3) is 0 Å². The molecule has 23 heteroatoms. The fourth-order valence-electron chi connectivity index (χ4n) is 2.86. The largest absolute Gasteiger partial charge is 0.535 e. The van der Waals surface area contributed by atoms with Crippen molar-refractivity contribution in [3.8, 4) is 0 Å². The number of aliphatic hydroxyl groups is 1. The highest BCUT2D eigenvalue weighted by Crippen LogP contribution is 2.29. The zero-order valence-electron chi connectivity index (χ0n) is 27.9. The number of ether oxygens (including phenoxy) is 2. The highest BCUT2D eigenvalue weighted by molar-refractivity contribution is 8.77. The standard InChI is InChI=1S/C14H12N4O3S2.C8H8ClNO2S2.C7H9NOS2.2CH2Cl2/c19-14(20-9-10-22-23-13-7-3-4-8-15-13)21-18-12-6-2-1-5-11(12)16-17-18;9-8(11)12-5-6-13-14-7-3-1-2-4-10-7;9-5-6-10-11-7-3-1-2-4-8-7;2*2-1-3/h1-8H,9-10H2;1-4H,5-6H2;1-4,9H,5-6H2;2*1H2. The molecule has 0 amide bonds. The van der Waals surface area contributed by atoms with Gasteiger partial charge >= 0.3 is 11.6 Å². The van der Waals surface area contributed by atoms with Gasteiger partial charge in [0.15, 0.2) is 0 Å². The van der Waals surface area contributed by atoms with E-state index in [0.717, 1.165) is 25.7 Å². The number of carbonyl (C=O) groups is 2. The molecule has 0 atom stereocenters. The molecule has 0 radical (unpaired) electrons. The molecule has 5 rings (SSSR count). The Labute approximate surface area is 361 Å². The molecule has 0 aliphatic carbocycles. The summed E-state index contributed by atoms with van der Waals surface area (Å²) in [6.45, 7) is 0.785. The topological polar surface area (TPSA) is 151 Å². The number of halogens is 5. The van der Waals surface area contributed by atoms with Crippen molar-refractivity contribution in [2.45, 2.75) is 15.1 Å². The highest BCUT2D eigenvalue weighted by Gasteiger charge is 2.11. The lowest BCUT2D eigenvalue weighted by Gasteiger charge is -2.04. The predicted octanol–water partition coefficient (Wildman–Crippen LogP) is 10.7. The Morgan fingerprint density at radius 2 is 1.09 bits per heavy atom. The van der Waals surface area contributed by atoms with Crippen LogP contribution in [0.2, 0.25) is 0 Å². The number of para-hydroxylation sites is 1. The van der Waals surface area contributed by atoms with Crippen molar-refractivity contribution in [3.05, 3.63) is 97.5 Å². The van der Waals surface area contributed by atoms with Gasteiger partial charge in [-0.15, -0.1) is 51.5 Å². The molecule has 0 spiro atoms. The van der Waals surface area contributed by atoms with Crippen molar-refractivity contribution in [3.63, 3.8) is 0 Å². The first-order chi connectivity index (χ1) is 26.4. The molecule has 294 valence electrons. The van der Waals surface area contributed by atoms with Crippen LogP contribution in [-0.2, 0) is 9.47 Å². The molecule has 5 aromatic rings. The molecule has 0 fully saturated rings. The summed E-state index contributed by atoms with van der Waals surface area (Å²) in [5, 5.41) is 19.3. The number of rotatable bonds is 15. The molecule has 0 saturated heterocycles. The lowest BCUT2D eigenvalue weighted by molar-refractivity contribution is 0.0434. The lowest BCUT2D eigenvalue weighted by atomic mass is 10.3. The number of nitrogens with zero attached hydrogens (tertiary/aromatic N) is 6. The molecule has 4 aromatic heterocycles. The van der Waals surface area contributed by atoms with Gasteiger partial charge in [0.2, 0.25) is 0 Å². The summed E-state index contributed by atoms with van der Waals surface area (Å²) in [4.78, 5) is 40.3. The average molecular weight is 955 g/mol. The van der Waals surface area contributed by atoms with Crippen LogP contribution in [0.3, 0.4) is 0 Å². The predicted molar refractivity (Wildman–Crippen MR) is 231 cm³/mol. The molecule has 54 heavy (non-hydrogen) atoms. The number of hydrogen-bond acceptors (Lipinski definition) is 17. The maximum absolute atomic E-state index is 11.6. The molecule has 0 aliphatic rings. The zero-order valence-corrected chi connectivity index (χ0v) is 36.6. The summed E-state index contributed by atoms with van der Waals surface area (Å²) in [5.41, 5.74) is 0.487. The number of fused-ring (bicyclic) bond motifs is 1. The van der Waals surface area contributed by atoms with Gasteiger partial charge in [0, 0.05) is 47.5 Å². The first-order valence-electron chi connectivity index (χ1n) is 14.8. The smallest absolute Gasteiger partial charge is 0.453 e. The van der Waals surface area contributed by atoms with Gasteiger partial charge in [0.05, 0.1) is 17.3 Å². The first-order valence-corrected chi connectivity index (χ1v) is 24.3. The normalized spacial score (nSPS) is 9.74. The summed E-state index contributed by atoms with van der Waals surface area (Å²) in [7, 11) is 9.38. The van der Waals surface area contributed by atoms with E-state index in [2.05, 4.69) is 30.0 Å². The summed E-state index contributed by atoms with van der Waals surface area (Å²) in [6, 6.07) is 24.4. The minimum absolute atomic E-state index is 0.194. The molecule has 1 aromatic carbocycles. The second-order valence-electron chi connectivity index (χ2n) is 8.37. The van der Waals surface area contributed by atoms with Gasteiger partial charge in [0.1, 0.15) is 39.3 Å². The maximum atomic E-state index is 11.6. The Morgan fingerprint density at radius 1 is 0.648 bits per heavy atom. The molecule has 1 N–H and O–H groups in total. The Kier molecular flexibility index (Phi) is 33.3. The number of aliphatic hydroxyl groups excluding tert-OH is 1. The van der Waals surface area contributed by atoms with E-state index in [1.807, 2.05) is 66.7 Å². The minimum atomic E-state index is -0.816. The second-order valence-corrected chi connectivity index (χ2v) is 17.6. The first kappa shape index (κ1) is 50.3. The van der Waals surface area contributed by atoms with Crippen LogP contribution in [0.4, 0.5) is 9.59 Å². The summed E-state index contributed by atoms with van der Waals surface area (Å²) in [6.07, 6.45) is 4.42. The SMILES string of the molecule is ClCCl.ClCCl.O=C(Cl)OCCSSc1ccccn1.O=C(OCCSSc1ccccn1)On1nnc2ccccc21.OCCSSc1ccccn1. The van der Waals surface area contributed by atoms with Crippen LogP contribution in [0.5, 0.6) is 0 Å². The number of aromatic nitrogens is 6. The number of pyridine rings is 3. The van der Waals surface area contributed by atoms with Gasteiger partial charge < -0.3 is 14.6 Å². The van der Waals surface area contributed by atoms with Gasteiger partial charge in [-0.25, -0.2) is 24.5 Å². The van der Waals surface area contributed by atoms with E-state index in [9.17, 15) is 9.59 Å². The van der Waals surface area contributed by atoms with E-state index in [0.29, 0.717) is 29.1 Å². The van der Waals surface area contributed by atoms with E-state index in [-0.39, 0.29) is 23.9 Å². The van der Waals surface area contributed by atoms with Crippen LogP contribution in [0.1, 0.15) is 0 Å². The third kappa shape index (κ3) is 27.0. The summed E-state index contributed by atoms with van der Waals surface area (Å²) < 4.78 is 9.55. The third-order valence-electron chi connectivity index (χ3n) is 4.77. The Balaban J connectivity index is 0.000000402.